The van der Waals surface area contributed by atoms with Gasteiger partial charge < -0.3 is 4.42 Å². The molecule has 0 fully saturated rings. The molecule has 0 aliphatic rings. The average molecular weight is 251 g/mol. The van der Waals surface area contributed by atoms with Crippen LogP contribution in [0.25, 0.3) is 0 Å². The summed E-state index contributed by atoms with van der Waals surface area (Å²) >= 11 is 5.62. The molecule has 1 aromatic carbocycles. The van der Waals surface area contributed by atoms with Crippen LogP contribution in [-0.2, 0) is 12.8 Å². The fourth-order valence-corrected chi connectivity index (χ4v) is 1.81. The minimum absolute atomic E-state index is 0.621. The summed E-state index contributed by atoms with van der Waals surface area (Å²) in [6, 6.07) is 8.30. The number of aromatic nitrogens is 2. The Morgan fingerprint density at radius 3 is 2.82 bits per heavy atom. The second kappa shape index (κ2) is 5.82. The monoisotopic (exact) mass is 250 g/mol. The number of hydrogen-bond donors (Lipinski definition) is 0. The standard InChI is InChI=1S/C13H15ClN2O/c1-10-4-2-5-11(8-10)9-13-16-15-12(17-13)6-3-7-14/h2,4-5,8H,3,6-7,9H2,1H3. The van der Waals surface area contributed by atoms with Crippen LogP contribution < -0.4 is 0 Å². The van der Waals surface area contributed by atoms with E-state index in [2.05, 4.69) is 35.3 Å². The number of halogens is 1. The molecule has 2 aromatic rings. The molecule has 2 rings (SSSR count). The fraction of sp³-hybridized carbons (Fsp3) is 0.385. The van der Waals surface area contributed by atoms with E-state index in [1.54, 1.807) is 0 Å². The minimum atomic E-state index is 0.621. The number of nitrogens with zero attached hydrogens (tertiary/aromatic N) is 2. The summed E-state index contributed by atoms with van der Waals surface area (Å²) in [6.07, 6.45) is 2.31. The average Bonchev–Trinajstić information content (AvgIpc) is 2.74. The van der Waals surface area contributed by atoms with Crippen molar-refractivity contribution in [2.24, 2.45) is 0 Å². The molecule has 90 valence electrons. The maximum atomic E-state index is 5.62. The highest BCUT2D eigenvalue weighted by Gasteiger charge is 2.06. The van der Waals surface area contributed by atoms with E-state index in [0.29, 0.717) is 24.1 Å². The highest BCUT2D eigenvalue weighted by Crippen LogP contribution is 2.11. The van der Waals surface area contributed by atoms with Crippen LogP contribution in [0.5, 0.6) is 0 Å². The molecule has 0 radical (unpaired) electrons. The first-order chi connectivity index (χ1) is 8.28. The number of benzene rings is 1. The maximum absolute atomic E-state index is 5.62. The van der Waals surface area contributed by atoms with Gasteiger partial charge in [-0.2, -0.15) is 0 Å². The Morgan fingerprint density at radius 2 is 2.06 bits per heavy atom. The molecule has 0 aliphatic carbocycles. The molecule has 0 saturated carbocycles. The maximum Gasteiger partial charge on any atom is 0.220 e. The van der Waals surface area contributed by atoms with Crippen LogP contribution in [0, 0.1) is 6.92 Å². The molecule has 0 saturated heterocycles. The Labute approximate surface area is 106 Å². The van der Waals surface area contributed by atoms with Gasteiger partial charge in [-0.15, -0.1) is 21.8 Å². The molecule has 1 heterocycles. The largest absolute Gasteiger partial charge is 0.425 e. The van der Waals surface area contributed by atoms with E-state index >= 15 is 0 Å². The molecular weight excluding hydrogens is 236 g/mol. The van der Waals surface area contributed by atoms with Gasteiger partial charge in [-0.25, -0.2) is 0 Å². The zero-order valence-electron chi connectivity index (χ0n) is 9.82. The van der Waals surface area contributed by atoms with Crippen LogP contribution in [0.15, 0.2) is 28.7 Å². The predicted octanol–water partition coefficient (Wildman–Crippen LogP) is 3.14. The summed E-state index contributed by atoms with van der Waals surface area (Å²) in [5.41, 5.74) is 2.43. The highest BCUT2D eigenvalue weighted by atomic mass is 35.5. The van der Waals surface area contributed by atoms with Crippen LogP contribution in [0.2, 0.25) is 0 Å². The lowest BCUT2D eigenvalue weighted by atomic mass is 10.1. The lowest BCUT2D eigenvalue weighted by Crippen LogP contribution is -1.88. The van der Waals surface area contributed by atoms with Crippen LogP contribution >= 0.6 is 11.6 Å². The first kappa shape index (κ1) is 12.1. The smallest absolute Gasteiger partial charge is 0.220 e. The van der Waals surface area contributed by atoms with Crippen molar-refractivity contribution in [2.45, 2.75) is 26.2 Å². The number of aryl methyl sites for hydroxylation is 2. The Hall–Kier alpha value is -1.35. The van der Waals surface area contributed by atoms with E-state index in [9.17, 15) is 0 Å². The molecule has 3 nitrogen and oxygen atoms in total. The van der Waals surface area contributed by atoms with Crippen molar-refractivity contribution in [2.75, 3.05) is 5.88 Å². The van der Waals surface area contributed by atoms with Crippen LogP contribution in [0.3, 0.4) is 0 Å². The van der Waals surface area contributed by atoms with Gasteiger partial charge in [-0.05, 0) is 18.9 Å². The van der Waals surface area contributed by atoms with Gasteiger partial charge >= 0.3 is 0 Å². The summed E-state index contributed by atoms with van der Waals surface area (Å²) in [4.78, 5) is 0. The predicted molar refractivity (Wildman–Crippen MR) is 67.3 cm³/mol. The third-order valence-corrected chi connectivity index (χ3v) is 2.74. The summed E-state index contributed by atoms with van der Waals surface area (Å²) in [5, 5.41) is 8.03. The normalized spacial score (nSPS) is 10.7. The van der Waals surface area contributed by atoms with E-state index in [-0.39, 0.29) is 0 Å². The van der Waals surface area contributed by atoms with Crippen molar-refractivity contribution in [1.82, 2.24) is 10.2 Å². The first-order valence-electron chi connectivity index (χ1n) is 5.70. The summed E-state index contributed by atoms with van der Waals surface area (Å²) in [7, 11) is 0. The van der Waals surface area contributed by atoms with Crippen LogP contribution in [0.1, 0.15) is 29.3 Å². The molecule has 17 heavy (non-hydrogen) atoms. The highest BCUT2D eigenvalue weighted by molar-refractivity contribution is 6.17. The zero-order valence-corrected chi connectivity index (χ0v) is 10.6. The van der Waals surface area contributed by atoms with Crippen molar-refractivity contribution >= 4 is 11.6 Å². The van der Waals surface area contributed by atoms with Crippen molar-refractivity contribution in [3.8, 4) is 0 Å². The van der Waals surface area contributed by atoms with Crippen molar-refractivity contribution < 1.29 is 4.42 Å². The Balaban J connectivity index is 2.01. The van der Waals surface area contributed by atoms with E-state index in [1.165, 1.54) is 11.1 Å². The van der Waals surface area contributed by atoms with Gasteiger partial charge in [0, 0.05) is 12.3 Å². The number of alkyl halides is 1. The fourth-order valence-electron chi connectivity index (χ4n) is 1.68. The summed E-state index contributed by atoms with van der Waals surface area (Å²) in [5.74, 6) is 1.96. The minimum Gasteiger partial charge on any atom is -0.425 e. The van der Waals surface area contributed by atoms with Crippen molar-refractivity contribution in [3.05, 3.63) is 47.2 Å². The SMILES string of the molecule is Cc1cccc(Cc2nnc(CCCCl)o2)c1. The van der Waals surface area contributed by atoms with Gasteiger partial charge in [0.25, 0.3) is 0 Å². The lowest BCUT2D eigenvalue weighted by molar-refractivity contribution is 0.455. The molecular formula is C13H15ClN2O. The molecule has 4 heteroatoms. The van der Waals surface area contributed by atoms with Gasteiger partial charge in [0.05, 0.1) is 6.42 Å². The zero-order chi connectivity index (χ0) is 12.1. The molecule has 0 atom stereocenters. The van der Waals surface area contributed by atoms with Gasteiger partial charge in [0.1, 0.15) is 0 Å². The molecule has 0 spiro atoms. The topological polar surface area (TPSA) is 38.9 Å². The van der Waals surface area contributed by atoms with E-state index in [1.807, 2.05) is 6.07 Å². The van der Waals surface area contributed by atoms with Gasteiger partial charge in [0.2, 0.25) is 11.8 Å². The van der Waals surface area contributed by atoms with E-state index in [4.69, 9.17) is 16.0 Å². The molecule has 0 bridgehead atoms. The molecule has 1 aromatic heterocycles. The third-order valence-electron chi connectivity index (χ3n) is 2.47. The Kier molecular flexibility index (Phi) is 4.15. The van der Waals surface area contributed by atoms with E-state index in [0.717, 1.165) is 12.8 Å². The van der Waals surface area contributed by atoms with E-state index < -0.39 is 0 Å². The summed E-state index contributed by atoms with van der Waals surface area (Å²) < 4.78 is 5.55. The van der Waals surface area contributed by atoms with Gasteiger partial charge in [-0.3, -0.25) is 0 Å². The Morgan fingerprint density at radius 1 is 1.24 bits per heavy atom. The number of hydrogen-bond acceptors (Lipinski definition) is 3. The molecule has 0 N–H and O–H groups in total. The van der Waals surface area contributed by atoms with Crippen LogP contribution in [-0.4, -0.2) is 16.1 Å². The lowest BCUT2D eigenvalue weighted by Gasteiger charge is -1.98. The first-order valence-corrected chi connectivity index (χ1v) is 6.24. The second-order valence-corrected chi connectivity index (χ2v) is 4.43. The number of rotatable bonds is 5. The molecule has 0 unspecified atom stereocenters. The third kappa shape index (κ3) is 3.56. The second-order valence-electron chi connectivity index (χ2n) is 4.05. The van der Waals surface area contributed by atoms with Crippen molar-refractivity contribution in [1.29, 1.82) is 0 Å². The summed E-state index contributed by atoms with van der Waals surface area (Å²) in [6.45, 7) is 2.07. The van der Waals surface area contributed by atoms with Crippen LogP contribution in [0.4, 0.5) is 0 Å². The van der Waals surface area contributed by atoms with Gasteiger partial charge in [0.15, 0.2) is 0 Å². The molecule has 0 aliphatic heterocycles. The van der Waals surface area contributed by atoms with Gasteiger partial charge in [-0.1, -0.05) is 29.8 Å². The van der Waals surface area contributed by atoms with Crippen molar-refractivity contribution in [3.63, 3.8) is 0 Å². The quantitative estimate of drug-likeness (QED) is 0.766. The Bertz CT molecular complexity index is 482. The molecule has 0 amide bonds.